The fourth-order valence-electron chi connectivity index (χ4n) is 3.79. The summed E-state index contributed by atoms with van der Waals surface area (Å²) in [4.78, 5) is 24.1. The van der Waals surface area contributed by atoms with Crippen LogP contribution < -0.4 is 5.32 Å². The number of carbonyl (C=O) groups is 2. The van der Waals surface area contributed by atoms with Gasteiger partial charge >= 0.3 is 12.1 Å². The number of aryl methyl sites for hydroxylation is 1. The second kappa shape index (κ2) is 9.84. The molecule has 34 heavy (non-hydrogen) atoms. The van der Waals surface area contributed by atoms with E-state index in [2.05, 4.69) is 22.3 Å². The molecular formula is C27H26N2O5. The lowest BCUT2D eigenvalue weighted by atomic mass is 9.92. The van der Waals surface area contributed by atoms with Crippen LogP contribution in [0.3, 0.4) is 0 Å². The Kier molecular flexibility index (Phi) is 6.69. The second-order valence-corrected chi connectivity index (χ2v) is 8.42. The first-order valence-electron chi connectivity index (χ1n) is 11.1. The second-order valence-electron chi connectivity index (χ2n) is 8.42. The molecule has 0 bridgehead atoms. The lowest BCUT2D eigenvalue weighted by Gasteiger charge is -2.14. The van der Waals surface area contributed by atoms with Gasteiger partial charge in [0.05, 0.1) is 13.5 Å². The smallest absolute Gasteiger partial charge is 0.412 e. The molecule has 0 unspecified atom stereocenters. The zero-order valence-corrected chi connectivity index (χ0v) is 19.4. The zero-order valence-electron chi connectivity index (χ0n) is 19.4. The number of hydrogen-bond acceptors (Lipinski definition) is 6. The van der Waals surface area contributed by atoms with Gasteiger partial charge in [-0.05, 0) is 55.9 Å². The lowest BCUT2D eigenvalue weighted by Crippen LogP contribution is -2.16. The van der Waals surface area contributed by atoms with E-state index in [0.29, 0.717) is 17.8 Å². The highest BCUT2D eigenvalue weighted by atomic mass is 16.6. The van der Waals surface area contributed by atoms with Gasteiger partial charge < -0.3 is 14.0 Å². The standard InChI is InChI=1S/C27H26N2O5/c1-18-25(28-26(31)33-19(2)21-7-5-4-6-8-21)23(34-29-18)14-11-20-9-12-22(13-10-20)27(15-16-27)17-24(30)32-3/h4-10,12-13,19H,15-17H2,1-3H3,(H,28,31)/t19-/m1/s1. The molecule has 4 rings (SSSR count). The Labute approximate surface area is 198 Å². The average molecular weight is 459 g/mol. The van der Waals surface area contributed by atoms with Crippen LogP contribution in [0.2, 0.25) is 0 Å². The Balaban J connectivity index is 1.43. The predicted octanol–water partition coefficient (Wildman–Crippen LogP) is 5.29. The van der Waals surface area contributed by atoms with Crippen LogP contribution in [0.1, 0.15) is 60.4 Å². The third kappa shape index (κ3) is 5.29. The molecule has 0 saturated heterocycles. The molecule has 1 aliphatic rings. The van der Waals surface area contributed by atoms with Crippen molar-refractivity contribution in [1.82, 2.24) is 5.16 Å². The molecule has 7 heteroatoms. The molecule has 2 aromatic carbocycles. The first-order chi connectivity index (χ1) is 16.4. The molecule has 1 amide bonds. The van der Waals surface area contributed by atoms with Crippen LogP contribution in [-0.4, -0.2) is 24.3 Å². The maximum atomic E-state index is 12.4. The van der Waals surface area contributed by atoms with E-state index >= 15 is 0 Å². The van der Waals surface area contributed by atoms with Crippen LogP contribution in [0, 0.1) is 18.8 Å². The molecule has 1 aromatic heterocycles. The third-order valence-corrected chi connectivity index (χ3v) is 6.02. The van der Waals surface area contributed by atoms with E-state index in [4.69, 9.17) is 14.0 Å². The molecule has 0 spiro atoms. The summed E-state index contributed by atoms with van der Waals surface area (Å²) in [6, 6.07) is 17.3. The summed E-state index contributed by atoms with van der Waals surface area (Å²) in [5.74, 6) is 6.02. The largest absolute Gasteiger partial charge is 0.469 e. The van der Waals surface area contributed by atoms with Gasteiger partial charge in [0.2, 0.25) is 5.76 Å². The minimum atomic E-state index is -0.615. The predicted molar refractivity (Wildman–Crippen MR) is 126 cm³/mol. The van der Waals surface area contributed by atoms with Crippen molar-refractivity contribution in [3.05, 3.63) is 82.7 Å². The zero-order chi connectivity index (χ0) is 24.1. The van der Waals surface area contributed by atoms with E-state index in [1.54, 1.807) is 13.8 Å². The van der Waals surface area contributed by atoms with Gasteiger partial charge in [0.1, 0.15) is 17.5 Å². The number of esters is 1. The molecule has 0 aliphatic heterocycles. The van der Waals surface area contributed by atoms with Gasteiger partial charge in [0.15, 0.2) is 0 Å². The number of amides is 1. The van der Waals surface area contributed by atoms with Gasteiger partial charge in [-0.1, -0.05) is 53.5 Å². The summed E-state index contributed by atoms with van der Waals surface area (Å²) in [7, 11) is 1.41. The highest BCUT2D eigenvalue weighted by molar-refractivity contribution is 5.87. The number of rotatable bonds is 6. The summed E-state index contributed by atoms with van der Waals surface area (Å²) in [6.45, 7) is 3.52. The van der Waals surface area contributed by atoms with Crippen LogP contribution in [-0.2, 0) is 19.7 Å². The maximum Gasteiger partial charge on any atom is 0.412 e. The van der Waals surface area contributed by atoms with E-state index in [1.807, 2.05) is 54.6 Å². The third-order valence-electron chi connectivity index (χ3n) is 6.02. The van der Waals surface area contributed by atoms with Gasteiger partial charge in [0.25, 0.3) is 0 Å². The number of nitrogens with one attached hydrogen (secondary N) is 1. The van der Waals surface area contributed by atoms with Gasteiger partial charge in [-0.25, -0.2) is 4.79 Å². The van der Waals surface area contributed by atoms with Gasteiger partial charge in [-0.15, -0.1) is 0 Å². The summed E-state index contributed by atoms with van der Waals surface area (Å²) in [5, 5.41) is 6.61. The minimum absolute atomic E-state index is 0.116. The van der Waals surface area contributed by atoms with Crippen LogP contribution in [0.5, 0.6) is 0 Å². The maximum absolute atomic E-state index is 12.4. The van der Waals surface area contributed by atoms with Crippen molar-refractivity contribution in [3.63, 3.8) is 0 Å². The van der Waals surface area contributed by atoms with Gasteiger partial charge in [-0.2, -0.15) is 0 Å². The Hall–Kier alpha value is -4.05. The normalized spacial score (nSPS) is 14.3. The van der Waals surface area contributed by atoms with Gasteiger partial charge in [-0.3, -0.25) is 10.1 Å². The van der Waals surface area contributed by atoms with Crippen molar-refractivity contribution in [3.8, 4) is 11.8 Å². The Morgan fingerprint density at radius 2 is 1.82 bits per heavy atom. The van der Waals surface area contributed by atoms with E-state index in [9.17, 15) is 9.59 Å². The van der Waals surface area contributed by atoms with E-state index < -0.39 is 12.2 Å². The van der Waals surface area contributed by atoms with Crippen molar-refractivity contribution in [2.45, 2.75) is 44.6 Å². The van der Waals surface area contributed by atoms with Crippen LogP contribution in [0.4, 0.5) is 10.5 Å². The highest BCUT2D eigenvalue weighted by Crippen LogP contribution is 2.51. The highest BCUT2D eigenvalue weighted by Gasteiger charge is 2.46. The summed E-state index contributed by atoms with van der Waals surface area (Å²) in [5.41, 5.74) is 3.54. The lowest BCUT2D eigenvalue weighted by molar-refractivity contribution is -0.141. The molecule has 174 valence electrons. The van der Waals surface area contributed by atoms with Gasteiger partial charge in [0, 0.05) is 11.0 Å². The number of nitrogens with zero attached hydrogens (tertiary/aromatic N) is 1. The molecule has 1 aliphatic carbocycles. The number of anilines is 1. The number of carbonyl (C=O) groups excluding carboxylic acids is 2. The number of hydrogen-bond donors (Lipinski definition) is 1. The van der Waals surface area contributed by atoms with E-state index in [1.165, 1.54) is 7.11 Å². The molecule has 7 nitrogen and oxygen atoms in total. The summed E-state index contributed by atoms with van der Waals surface area (Å²) in [6.07, 6.45) is 1.30. The fraction of sp³-hybridized carbons (Fsp3) is 0.296. The van der Waals surface area contributed by atoms with Crippen molar-refractivity contribution in [1.29, 1.82) is 0 Å². The number of methoxy groups -OCH3 is 1. The van der Waals surface area contributed by atoms with Crippen LogP contribution in [0.15, 0.2) is 59.1 Å². The number of aromatic nitrogens is 1. The first-order valence-corrected chi connectivity index (χ1v) is 11.1. The SMILES string of the molecule is COC(=O)CC1(c2ccc(C#Cc3onc(C)c3NC(=O)O[C@H](C)c3ccccc3)cc2)CC1. The van der Waals surface area contributed by atoms with Crippen LogP contribution in [0.25, 0.3) is 0 Å². The molecule has 1 atom stereocenters. The van der Waals surface area contributed by atoms with Crippen molar-refractivity contribution in [2.75, 3.05) is 12.4 Å². The van der Waals surface area contributed by atoms with Crippen molar-refractivity contribution >= 4 is 17.7 Å². The average Bonchev–Trinajstić information content (AvgIpc) is 3.55. The molecule has 3 aromatic rings. The first kappa shape index (κ1) is 23.1. The number of ether oxygens (including phenoxy) is 2. The Morgan fingerprint density at radius 1 is 1.12 bits per heavy atom. The molecular weight excluding hydrogens is 432 g/mol. The molecule has 0 radical (unpaired) electrons. The summed E-state index contributed by atoms with van der Waals surface area (Å²) < 4.78 is 15.6. The monoisotopic (exact) mass is 458 g/mol. The topological polar surface area (TPSA) is 90.7 Å². The minimum Gasteiger partial charge on any atom is -0.469 e. The van der Waals surface area contributed by atoms with Crippen molar-refractivity contribution < 1.29 is 23.6 Å². The Bertz CT molecular complexity index is 1230. The molecule has 1 heterocycles. The summed E-state index contributed by atoms with van der Waals surface area (Å²) >= 11 is 0. The quantitative estimate of drug-likeness (QED) is 0.399. The fourth-order valence-corrected chi connectivity index (χ4v) is 3.79. The Morgan fingerprint density at radius 3 is 2.47 bits per heavy atom. The van der Waals surface area contributed by atoms with Crippen molar-refractivity contribution in [2.24, 2.45) is 0 Å². The van der Waals surface area contributed by atoms with E-state index in [-0.39, 0.29) is 17.1 Å². The van der Waals surface area contributed by atoms with Crippen LogP contribution >= 0.6 is 0 Å². The molecule has 1 N–H and O–H groups in total. The van der Waals surface area contributed by atoms with E-state index in [0.717, 1.165) is 29.5 Å². The number of benzene rings is 2. The molecule has 1 saturated carbocycles. The molecule has 1 fully saturated rings.